The molecular weight excluding hydrogens is 188 g/mol. The molecule has 0 saturated heterocycles. The first kappa shape index (κ1) is 10.1. The van der Waals surface area contributed by atoms with Gasteiger partial charge in [-0.05, 0) is 23.6 Å². The molecule has 0 aliphatic carbocycles. The van der Waals surface area contributed by atoms with Crippen LogP contribution < -0.4 is 5.73 Å². The Balaban J connectivity index is 2.37. The number of fused-ring (bicyclic) bond motifs is 1. The van der Waals surface area contributed by atoms with E-state index in [0.29, 0.717) is 12.5 Å². The predicted octanol–water partition coefficient (Wildman–Crippen LogP) is 1.39. The maximum atomic E-state index is 5.57. The van der Waals surface area contributed by atoms with Crippen molar-refractivity contribution in [3.05, 3.63) is 29.7 Å². The molecule has 0 aliphatic heterocycles. The minimum Gasteiger partial charge on any atom is -0.326 e. The van der Waals surface area contributed by atoms with Crippen LogP contribution in [0.4, 0.5) is 0 Å². The molecule has 0 spiro atoms. The zero-order valence-corrected chi connectivity index (χ0v) is 9.14. The van der Waals surface area contributed by atoms with Crippen LogP contribution in [0, 0.1) is 5.92 Å². The van der Waals surface area contributed by atoms with Gasteiger partial charge in [-0.1, -0.05) is 13.8 Å². The number of hydrogen-bond donors (Lipinski definition) is 1. The monoisotopic (exact) mass is 204 g/mol. The van der Waals surface area contributed by atoms with E-state index < -0.39 is 0 Å². The van der Waals surface area contributed by atoms with Crippen LogP contribution in [-0.2, 0) is 13.0 Å². The van der Waals surface area contributed by atoms with Gasteiger partial charge in [0, 0.05) is 19.2 Å². The summed E-state index contributed by atoms with van der Waals surface area (Å²) in [6.07, 6.45) is 2.83. The Kier molecular flexibility index (Phi) is 2.68. The maximum Gasteiger partial charge on any atom is 0.155 e. The van der Waals surface area contributed by atoms with Gasteiger partial charge < -0.3 is 5.73 Å². The van der Waals surface area contributed by atoms with Crippen molar-refractivity contribution in [2.45, 2.75) is 26.8 Å². The lowest BCUT2D eigenvalue weighted by atomic mass is 10.1. The van der Waals surface area contributed by atoms with Crippen LogP contribution in [0.2, 0.25) is 0 Å². The predicted molar refractivity (Wildman–Crippen MR) is 59.4 cm³/mol. The van der Waals surface area contributed by atoms with Crippen molar-refractivity contribution in [1.82, 2.24) is 14.6 Å². The average Bonchev–Trinajstić information content (AvgIpc) is 2.57. The minimum absolute atomic E-state index is 0.545. The third-order valence-electron chi connectivity index (χ3n) is 2.27. The summed E-state index contributed by atoms with van der Waals surface area (Å²) >= 11 is 0. The van der Waals surface area contributed by atoms with E-state index in [1.165, 1.54) is 0 Å². The Morgan fingerprint density at radius 2 is 2.27 bits per heavy atom. The molecule has 0 radical (unpaired) electrons. The second-order valence-corrected chi connectivity index (χ2v) is 4.17. The number of nitrogens with two attached hydrogens (primary N) is 1. The molecule has 0 unspecified atom stereocenters. The first-order chi connectivity index (χ1) is 7.19. The van der Waals surface area contributed by atoms with E-state index in [0.717, 1.165) is 23.5 Å². The zero-order valence-electron chi connectivity index (χ0n) is 9.14. The standard InChI is InChI=1S/C11H16N4/c1-8(2)5-10-13-11-6-9(7-12)3-4-15(11)14-10/h3-4,6,8H,5,7,12H2,1-2H3. The molecule has 0 atom stereocenters. The van der Waals surface area contributed by atoms with Gasteiger partial charge in [-0.15, -0.1) is 0 Å². The van der Waals surface area contributed by atoms with Crippen LogP contribution in [-0.4, -0.2) is 14.6 Å². The summed E-state index contributed by atoms with van der Waals surface area (Å²) in [5.74, 6) is 1.48. The van der Waals surface area contributed by atoms with Crippen LogP contribution in [0.3, 0.4) is 0 Å². The fraction of sp³-hybridized carbons (Fsp3) is 0.455. The molecule has 0 aliphatic rings. The summed E-state index contributed by atoms with van der Waals surface area (Å²) in [6, 6.07) is 3.96. The molecule has 4 nitrogen and oxygen atoms in total. The molecule has 2 heterocycles. The molecular formula is C11H16N4. The molecule has 2 aromatic rings. The minimum atomic E-state index is 0.545. The van der Waals surface area contributed by atoms with Gasteiger partial charge in [0.1, 0.15) is 0 Å². The van der Waals surface area contributed by atoms with E-state index in [9.17, 15) is 0 Å². The lowest BCUT2D eigenvalue weighted by Crippen LogP contribution is -1.97. The summed E-state index contributed by atoms with van der Waals surface area (Å²) < 4.78 is 1.80. The van der Waals surface area contributed by atoms with Crippen LogP contribution in [0.5, 0.6) is 0 Å². The molecule has 80 valence electrons. The van der Waals surface area contributed by atoms with Gasteiger partial charge in [0.05, 0.1) is 0 Å². The van der Waals surface area contributed by atoms with Crippen molar-refractivity contribution >= 4 is 5.65 Å². The van der Waals surface area contributed by atoms with Crippen molar-refractivity contribution in [2.24, 2.45) is 11.7 Å². The summed E-state index contributed by atoms with van der Waals surface area (Å²) in [6.45, 7) is 4.87. The SMILES string of the molecule is CC(C)Cc1nc2cc(CN)ccn2n1. The van der Waals surface area contributed by atoms with Gasteiger partial charge in [-0.2, -0.15) is 5.10 Å². The quantitative estimate of drug-likeness (QED) is 0.822. The van der Waals surface area contributed by atoms with Gasteiger partial charge in [0.2, 0.25) is 0 Å². The Morgan fingerprint density at radius 3 is 2.93 bits per heavy atom. The van der Waals surface area contributed by atoms with Gasteiger partial charge >= 0.3 is 0 Å². The first-order valence-corrected chi connectivity index (χ1v) is 5.23. The lowest BCUT2D eigenvalue weighted by Gasteiger charge is -1.96. The van der Waals surface area contributed by atoms with Crippen LogP contribution in [0.15, 0.2) is 18.3 Å². The second-order valence-electron chi connectivity index (χ2n) is 4.17. The number of rotatable bonds is 3. The second kappa shape index (κ2) is 3.98. The zero-order chi connectivity index (χ0) is 10.8. The number of hydrogen-bond acceptors (Lipinski definition) is 3. The molecule has 2 aromatic heterocycles. The number of nitrogens with zero attached hydrogens (tertiary/aromatic N) is 3. The topological polar surface area (TPSA) is 56.2 Å². The van der Waals surface area contributed by atoms with E-state index in [4.69, 9.17) is 5.73 Å². The summed E-state index contributed by atoms with van der Waals surface area (Å²) in [5, 5.41) is 4.39. The average molecular weight is 204 g/mol. The summed E-state index contributed by atoms with van der Waals surface area (Å²) in [5.41, 5.74) is 7.54. The summed E-state index contributed by atoms with van der Waals surface area (Å²) in [4.78, 5) is 4.46. The molecule has 4 heteroatoms. The van der Waals surface area contributed by atoms with E-state index in [1.807, 2.05) is 18.3 Å². The van der Waals surface area contributed by atoms with Gasteiger partial charge in [-0.3, -0.25) is 0 Å². The fourth-order valence-corrected chi connectivity index (χ4v) is 1.55. The maximum absolute atomic E-state index is 5.57. The third-order valence-corrected chi connectivity index (χ3v) is 2.27. The van der Waals surface area contributed by atoms with Crippen molar-refractivity contribution < 1.29 is 0 Å². The highest BCUT2D eigenvalue weighted by Crippen LogP contribution is 2.08. The van der Waals surface area contributed by atoms with E-state index >= 15 is 0 Å². The van der Waals surface area contributed by atoms with E-state index in [2.05, 4.69) is 23.9 Å². The Hall–Kier alpha value is -1.42. The highest BCUT2D eigenvalue weighted by Gasteiger charge is 2.05. The molecule has 0 fully saturated rings. The normalized spacial score (nSPS) is 11.5. The van der Waals surface area contributed by atoms with Crippen LogP contribution in [0.25, 0.3) is 5.65 Å². The van der Waals surface area contributed by atoms with Gasteiger partial charge in [0.15, 0.2) is 11.5 Å². The molecule has 0 bridgehead atoms. The van der Waals surface area contributed by atoms with Gasteiger partial charge in [0.25, 0.3) is 0 Å². The molecule has 0 amide bonds. The third kappa shape index (κ3) is 2.15. The molecule has 0 aromatic carbocycles. The number of aromatic nitrogens is 3. The molecule has 2 N–H and O–H groups in total. The Labute approximate surface area is 89.1 Å². The smallest absolute Gasteiger partial charge is 0.155 e. The van der Waals surface area contributed by atoms with Crippen molar-refractivity contribution in [3.63, 3.8) is 0 Å². The van der Waals surface area contributed by atoms with E-state index in [1.54, 1.807) is 4.52 Å². The van der Waals surface area contributed by atoms with Crippen LogP contribution >= 0.6 is 0 Å². The highest BCUT2D eigenvalue weighted by atomic mass is 15.3. The number of pyridine rings is 1. The van der Waals surface area contributed by atoms with Crippen molar-refractivity contribution in [2.75, 3.05) is 0 Å². The van der Waals surface area contributed by atoms with Crippen LogP contribution in [0.1, 0.15) is 25.2 Å². The summed E-state index contributed by atoms with van der Waals surface area (Å²) in [7, 11) is 0. The van der Waals surface area contributed by atoms with E-state index in [-0.39, 0.29) is 0 Å². The van der Waals surface area contributed by atoms with Gasteiger partial charge in [-0.25, -0.2) is 9.50 Å². The van der Waals surface area contributed by atoms with Crippen molar-refractivity contribution in [1.29, 1.82) is 0 Å². The van der Waals surface area contributed by atoms with Crippen molar-refractivity contribution in [3.8, 4) is 0 Å². The largest absolute Gasteiger partial charge is 0.326 e. The molecule has 15 heavy (non-hydrogen) atoms. The fourth-order valence-electron chi connectivity index (χ4n) is 1.55. The Bertz CT molecular complexity index is 459. The molecule has 0 saturated carbocycles. The Morgan fingerprint density at radius 1 is 1.47 bits per heavy atom. The highest BCUT2D eigenvalue weighted by molar-refractivity contribution is 5.40. The lowest BCUT2D eigenvalue weighted by molar-refractivity contribution is 0.620. The first-order valence-electron chi connectivity index (χ1n) is 5.23. The molecule has 2 rings (SSSR count).